The number of amides is 2. The summed E-state index contributed by atoms with van der Waals surface area (Å²) in [5.41, 5.74) is 9.85. The lowest BCUT2D eigenvalue weighted by Gasteiger charge is -2.09. The van der Waals surface area contributed by atoms with Crippen molar-refractivity contribution < 1.29 is 9.59 Å². The van der Waals surface area contributed by atoms with Crippen molar-refractivity contribution in [1.82, 2.24) is 20.8 Å². The summed E-state index contributed by atoms with van der Waals surface area (Å²) in [6.45, 7) is 0.661. The number of rotatable bonds is 6. The van der Waals surface area contributed by atoms with E-state index in [2.05, 4.69) is 36.8 Å². The maximum Gasteiger partial charge on any atom is 0.251 e. The molecule has 0 saturated heterocycles. The first-order valence-corrected chi connectivity index (χ1v) is 10.5. The molecule has 2 amide bonds. The maximum atomic E-state index is 12.4. The molecule has 4 aromatic rings. The lowest BCUT2D eigenvalue weighted by atomic mass is 10.00. The third-order valence-corrected chi connectivity index (χ3v) is 5.41. The molecule has 31 heavy (non-hydrogen) atoms. The van der Waals surface area contributed by atoms with E-state index in [0.29, 0.717) is 30.0 Å². The molecule has 0 radical (unpaired) electrons. The molecule has 1 heterocycles. The van der Waals surface area contributed by atoms with Gasteiger partial charge in [0.2, 0.25) is 0 Å². The van der Waals surface area contributed by atoms with Gasteiger partial charge < -0.3 is 16.4 Å². The van der Waals surface area contributed by atoms with Crippen LogP contribution in [0.25, 0.3) is 22.0 Å². The van der Waals surface area contributed by atoms with Crippen molar-refractivity contribution in [3.63, 3.8) is 0 Å². The quantitative estimate of drug-likeness (QED) is 0.316. The Morgan fingerprint density at radius 1 is 0.871 bits per heavy atom. The number of halogens is 1. The van der Waals surface area contributed by atoms with Gasteiger partial charge in [0.1, 0.15) is 0 Å². The molecule has 0 saturated carbocycles. The van der Waals surface area contributed by atoms with Crippen molar-refractivity contribution in [3.05, 3.63) is 82.3 Å². The second-order valence-corrected chi connectivity index (χ2v) is 7.85. The average Bonchev–Trinajstić information content (AvgIpc) is 3.18. The summed E-state index contributed by atoms with van der Waals surface area (Å²) in [4.78, 5) is 24.5. The standard InChI is InChI=1S/C23H20BrN5O2/c24-17-10-8-16(9-11-17)23(31)27-13-12-26-22(30)15-6-4-14(5-7-15)18-2-1-3-19-20(18)21(25)29-28-19/h1-11H,12-13H2,(H,26,30)(H,27,31)(H3,25,28,29). The third kappa shape index (κ3) is 4.59. The zero-order valence-corrected chi connectivity index (χ0v) is 18.1. The minimum absolute atomic E-state index is 0.182. The molecular formula is C23H20BrN5O2. The summed E-state index contributed by atoms with van der Waals surface area (Å²) in [6.07, 6.45) is 0. The van der Waals surface area contributed by atoms with Gasteiger partial charge in [-0.2, -0.15) is 5.10 Å². The Balaban J connectivity index is 1.34. The van der Waals surface area contributed by atoms with E-state index in [9.17, 15) is 9.59 Å². The van der Waals surface area contributed by atoms with Gasteiger partial charge in [-0.1, -0.05) is 40.2 Å². The minimum Gasteiger partial charge on any atom is -0.382 e. The predicted octanol–water partition coefficient (Wildman–Crippen LogP) is 3.73. The highest BCUT2D eigenvalue weighted by atomic mass is 79.9. The number of hydrogen-bond acceptors (Lipinski definition) is 4. The molecule has 0 bridgehead atoms. The monoisotopic (exact) mass is 477 g/mol. The number of carbonyl (C=O) groups excluding carboxylic acids is 2. The van der Waals surface area contributed by atoms with Gasteiger partial charge >= 0.3 is 0 Å². The molecule has 0 unspecified atom stereocenters. The van der Waals surface area contributed by atoms with E-state index in [-0.39, 0.29) is 11.8 Å². The van der Waals surface area contributed by atoms with Gasteiger partial charge in [0.05, 0.1) is 10.9 Å². The SMILES string of the molecule is Nc1n[nH]c2cccc(-c3ccc(C(=O)NCCNC(=O)c4ccc(Br)cc4)cc3)c12. The number of hydrogen-bond donors (Lipinski definition) is 4. The van der Waals surface area contributed by atoms with Crippen LogP contribution in [-0.2, 0) is 0 Å². The third-order valence-electron chi connectivity index (χ3n) is 4.88. The number of aromatic nitrogens is 2. The number of aromatic amines is 1. The number of H-pyrrole nitrogens is 1. The average molecular weight is 478 g/mol. The first-order chi connectivity index (χ1) is 15.0. The highest BCUT2D eigenvalue weighted by molar-refractivity contribution is 9.10. The van der Waals surface area contributed by atoms with Crippen LogP contribution in [0.3, 0.4) is 0 Å². The van der Waals surface area contributed by atoms with Gasteiger partial charge in [0.25, 0.3) is 11.8 Å². The van der Waals surface area contributed by atoms with Crippen LogP contribution in [0.4, 0.5) is 5.82 Å². The number of nitrogens with two attached hydrogens (primary N) is 1. The zero-order valence-electron chi connectivity index (χ0n) is 16.5. The van der Waals surface area contributed by atoms with Gasteiger partial charge in [-0.3, -0.25) is 14.7 Å². The molecule has 4 rings (SSSR count). The number of nitrogens with one attached hydrogen (secondary N) is 3. The molecule has 0 fully saturated rings. The van der Waals surface area contributed by atoms with Gasteiger partial charge in [0.15, 0.2) is 5.82 Å². The van der Waals surface area contributed by atoms with Gasteiger partial charge in [-0.15, -0.1) is 0 Å². The number of fused-ring (bicyclic) bond motifs is 1. The summed E-state index contributed by atoms with van der Waals surface area (Å²) < 4.78 is 0.909. The van der Waals surface area contributed by atoms with E-state index in [0.717, 1.165) is 26.5 Å². The molecule has 0 aliphatic heterocycles. The van der Waals surface area contributed by atoms with Crippen molar-refractivity contribution in [2.24, 2.45) is 0 Å². The van der Waals surface area contributed by atoms with Crippen LogP contribution in [0.2, 0.25) is 0 Å². The summed E-state index contributed by atoms with van der Waals surface area (Å²) in [5.74, 6) is 0.0573. The fourth-order valence-electron chi connectivity index (χ4n) is 3.30. The van der Waals surface area contributed by atoms with E-state index in [1.165, 1.54) is 0 Å². The number of nitrogens with zero attached hydrogens (tertiary/aromatic N) is 1. The van der Waals surface area contributed by atoms with Crippen molar-refractivity contribution in [2.45, 2.75) is 0 Å². The van der Waals surface area contributed by atoms with Crippen LogP contribution >= 0.6 is 15.9 Å². The number of carbonyl (C=O) groups is 2. The van der Waals surface area contributed by atoms with Crippen molar-refractivity contribution in [2.75, 3.05) is 18.8 Å². The van der Waals surface area contributed by atoms with Gasteiger partial charge in [-0.05, 0) is 53.6 Å². The largest absolute Gasteiger partial charge is 0.382 e. The Kier molecular flexibility index (Phi) is 5.99. The number of benzene rings is 3. The second-order valence-electron chi connectivity index (χ2n) is 6.93. The van der Waals surface area contributed by atoms with Crippen LogP contribution in [0, 0.1) is 0 Å². The Bertz CT molecular complexity index is 1230. The highest BCUT2D eigenvalue weighted by Crippen LogP contribution is 2.31. The summed E-state index contributed by atoms with van der Waals surface area (Å²) >= 11 is 3.34. The highest BCUT2D eigenvalue weighted by Gasteiger charge is 2.11. The molecule has 8 heteroatoms. The smallest absolute Gasteiger partial charge is 0.251 e. The minimum atomic E-state index is -0.203. The Hall–Kier alpha value is -3.65. The van der Waals surface area contributed by atoms with E-state index >= 15 is 0 Å². The van der Waals surface area contributed by atoms with Crippen LogP contribution in [0.1, 0.15) is 20.7 Å². The number of nitrogen functional groups attached to an aromatic ring is 1. The van der Waals surface area contributed by atoms with E-state index in [1.807, 2.05) is 42.5 Å². The molecule has 0 aliphatic carbocycles. The molecule has 7 nitrogen and oxygen atoms in total. The topological polar surface area (TPSA) is 113 Å². The fourth-order valence-corrected chi connectivity index (χ4v) is 3.56. The van der Waals surface area contributed by atoms with Crippen LogP contribution in [0.15, 0.2) is 71.2 Å². The summed E-state index contributed by atoms with van der Waals surface area (Å²) in [7, 11) is 0. The zero-order chi connectivity index (χ0) is 21.8. The van der Waals surface area contributed by atoms with Crippen LogP contribution in [-0.4, -0.2) is 35.1 Å². The van der Waals surface area contributed by atoms with Crippen molar-refractivity contribution in [1.29, 1.82) is 0 Å². The first kappa shape index (κ1) is 20.6. The molecule has 3 aromatic carbocycles. The van der Waals surface area contributed by atoms with Gasteiger partial charge in [-0.25, -0.2) is 0 Å². The van der Waals surface area contributed by atoms with Gasteiger partial charge in [0, 0.05) is 28.7 Å². The molecule has 156 valence electrons. The van der Waals surface area contributed by atoms with E-state index in [4.69, 9.17) is 5.73 Å². The first-order valence-electron chi connectivity index (χ1n) is 9.68. The number of anilines is 1. The Labute approximate surface area is 187 Å². The van der Waals surface area contributed by atoms with E-state index in [1.54, 1.807) is 24.3 Å². The van der Waals surface area contributed by atoms with Crippen LogP contribution in [0.5, 0.6) is 0 Å². The van der Waals surface area contributed by atoms with Crippen molar-refractivity contribution >= 4 is 44.5 Å². The molecule has 5 N–H and O–H groups in total. The van der Waals surface area contributed by atoms with E-state index < -0.39 is 0 Å². The summed E-state index contributed by atoms with van der Waals surface area (Å²) in [6, 6.07) is 20.2. The fraction of sp³-hybridized carbons (Fsp3) is 0.0870. The van der Waals surface area contributed by atoms with Crippen LogP contribution < -0.4 is 16.4 Å². The molecule has 0 aliphatic rings. The maximum absolute atomic E-state index is 12.4. The molecule has 0 atom stereocenters. The van der Waals surface area contributed by atoms with Crippen molar-refractivity contribution in [3.8, 4) is 11.1 Å². The molecular weight excluding hydrogens is 458 g/mol. The Morgan fingerprint density at radius 2 is 1.45 bits per heavy atom. The summed E-state index contributed by atoms with van der Waals surface area (Å²) in [5, 5.41) is 13.4. The lowest BCUT2D eigenvalue weighted by Crippen LogP contribution is -2.34. The second kappa shape index (κ2) is 9.01. The normalized spacial score (nSPS) is 10.7. The Morgan fingerprint density at radius 3 is 2.06 bits per heavy atom. The lowest BCUT2D eigenvalue weighted by molar-refractivity contribution is 0.0927. The predicted molar refractivity (Wildman–Crippen MR) is 125 cm³/mol. The molecule has 1 aromatic heterocycles. The molecule has 0 spiro atoms.